The summed E-state index contributed by atoms with van der Waals surface area (Å²) in [6.07, 6.45) is 2.08. The van der Waals surface area contributed by atoms with E-state index in [4.69, 9.17) is 5.73 Å². The SMILES string of the molecule is CC(C)c1nc2cc(N)ccc2n1CCNC(=O)C1CC1. The van der Waals surface area contributed by atoms with E-state index < -0.39 is 0 Å². The summed E-state index contributed by atoms with van der Waals surface area (Å²) >= 11 is 0. The van der Waals surface area contributed by atoms with Gasteiger partial charge < -0.3 is 15.6 Å². The second-order valence-electron chi connectivity index (χ2n) is 6.09. The van der Waals surface area contributed by atoms with E-state index in [1.54, 1.807) is 0 Å². The Labute approximate surface area is 124 Å². The first-order valence-electron chi connectivity index (χ1n) is 7.59. The van der Waals surface area contributed by atoms with E-state index in [9.17, 15) is 4.79 Å². The third-order valence-electron chi connectivity index (χ3n) is 3.90. The highest BCUT2D eigenvalue weighted by molar-refractivity contribution is 5.81. The van der Waals surface area contributed by atoms with Crippen LogP contribution >= 0.6 is 0 Å². The topological polar surface area (TPSA) is 72.9 Å². The monoisotopic (exact) mass is 286 g/mol. The van der Waals surface area contributed by atoms with Gasteiger partial charge in [0, 0.05) is 30.6 Å². The van der Waals surface area contributed by atoms with Crippen LogP contribution in [0.3, 0.4) is 0 Å². The zero-order chi connectivity index (χ0) is 15.0. The number of amides is 1. The summed E-state index contributed by atoms with van der Waals surface area (Å²) in [6.45, 7) is 5.64. The summed E-state index contributed by atoms with van der Waals surface area (Å²) < 4.78 is 2.19. The fourth-order valence-corrected chi connectivity index (χ4v) is 2.62. The zero-order valence-electron chi connectivity index (χ0n) is 12.6. The number of nitrogen functional groups attached to an aromatic ring is 1. The van der Waals surface area contributed by atoms with E-state index in [0.29, 0.717) is 12.5 Å². The molecule has 0 spiro atoms. The van der Waals surface area contributed by atoms with Gasteiger partial charge in [0.25, 0.3) is 0 Å². The van der Waals surface area contributed by atoms with Gasteiger partial charge in [0.15, 0.2) is 0 Å². The predicted octanol–water partition coefficient (Wildman–Crippen LogP) is 2.27. The molecule has 1 heterocycles. The van der Waals surface area contributed by atoms with E-state index >= 15 is 0 Å². The number of nitrogens with two attached hydrogens (primary N) is 1. The number of benzene rings is 1. The number of carbonyl (C=O) groups excluding carboxylic acids is 1. The maximum Gasteiger partial charge on any atom is 0.223 e. The van der Waals surface area contributed by atoms with E-state index in [1.807, 2.05) is 18.2 Å². The van der Waals surface area contributed by atoms with Gasteiger partial charge in [0.05, 0.1) is 11.0 Å². The number of fused-ring (bicyclic) bond motifs is 1. The van der Waals surface area contributed by atoms with Crippen molar-refractivity contribution in [1.29, 1.82) is 0 Å². The van der Waals surface area contributed by atoms with Crippen LogP contribution in [0.15, 0.2) is 18.2 Å². The first-order chi connectivity index (χ1) is 10.1. The van der Waals surface area contributed by atoms with Crippen LogP contribution in [0, 0.1) is 5.92 Å². The molecule has 0 aliphatic heterocycles. The Bertz CT molecular complexity index is 670. The van der Waals surface area contributed by atoms with Crippen molar-refractivity contribution >= 4 is 22.6 Å². The molecule has 0 unspecified atom stereocenters. The highest BCUT2D eigenvalue weighted by Crippen LogP contribution is 2.28. The molecule has 0 saturated heterocycles. The third-order valence-corrected chi connectivity index (χ3v) is 3.90. The first kappa shape index (κ1) is 13.9. The van der Waals surface area contributed by atoms with Gasteiger partial charge in [-0.3, -0.25) is 4.79 Å². The Balaban J connectivity index is 1.81. The fraction of sp³-hybridized carbons (Fsp3) is 0.500. The molecule has 5 heteroatoms. The quantitative estimate of drug-likeness (QED) is 0.828. The number of aromatic nitrogens is 2. The molecular weight excluding hydrogens is 264 g/mol. The van der Waals surface area contributed by atoms with E-state index in [1.165, 1.54) is 0 Å². The van der Waals surface area contributed by atoms with Crippen molar-refractivity contribution in [2.45, 2.75) is 39.2 Å². The summed E-state index contributed by atoms with van der Waals surface area (Å²) in [4.78, 5) is 16.4. The van der Waals surface area contributed by atoms with Gasteiger partial charge in [-0.15, -0.1) is 0 Å². The average Bonchev–Trinajstić information content (AvgIpc) is 3.22. The van der Waals surface area contributed by atoms with Gasteiger partial charge in [-0.05, 0) is 31.0 Å². The largest absolute Gasteiger partial charge is 0.399 e. The van der Waals surface area contributed by atoms with E-state index in [-0.39, 0.29) is 11.8 Å². The lowest BCUT2D eigenvalue weighted by atomic mass is 10.2. The number of hydrogen-bond donors (Lipinski definition) is 2. The van der Waals surface area contributed by atoms with Gasteiger partial charge in [0.2, 0.25) is 5.91 Å². The van der Waals surface area contributed by atoms with Gasteiger partial charge in [-0.25, -0.2) is 4.98 Å². The second-order valence-corrected chi connectivity index (χ2v) is 6.09. The van der Waals surface area contributed by atoms with E-state index in [2.05, 4.69) is 28.7 Å². The predicted molar refractivity (Wildman–Crippen MR) is 84.0 cm³/mol. The van der Waals surface area contributed by atoms with Gasteiger partial charge >= 0.3 is 0 Å². The van der Waals surface area contributed by atoms with Crippen LogP contribution in [-0.2, 0) is 11.3 Å². The van der Waals surface area contributed by atoms with Crippen LogP contribution in [0.25, 0.3) is 11.0 Å². The Hall–Kier alpha value is -2.04. The minimum atomic E-state index is 0.190. The van der Waals surface area contributed by atoms with Crippen molar-refractivity contribution < 1.29 is 4.79 Å². The van der Waals surface area contributed by atoms with Crippen LogP contribution in [0.4, 0.5) is 5.69 Å². The minimum Gasteiger partial charge on any atom is -0.399 e. The smallest absolute Gasteiger partial charge is 0.223 e. The number of nitrogens with zero attached hydrogens (tertiary/aromatic N) is 2. The van der Waals surface area contributed by atoms with Crippen molar-refractivity contribution in [2.75, 3.05) is 12.3 Å². The van der Waals surface area contributed by atoms with Crippen LogP contribution in [0.5, 0.6) is 0 Å². The summed E-state index contributed by atoms with van der Waals surface area (Å²) in [5.41, 5.74) is 8.56. The number of rotatable bonds is 5. The molecule has 1 saturated carbocycles. The molecule has 3 rings (SSSR count). The molecule has 2 aromatic rings. The third kappa shape index (κ3) is 2.86. The Morgan fingerprint density at radius 1 is 1.48 bits per heavy atom. The minimum absolute atomic E-state index is 0.190. The molecule has 1 aliphatic carbocycles. The maximum absolute atomic E-state index is 11.7. The normalized spacial score (nSPS) is 14.8. The standard InChI is InChI=1S/C16H22N4O/c1-10(2)15-19-13-9-12(17)5-6-14(13)20(15)8-7-18-16(21)11-3-4-11/h5-6,9-11H,3-4,7-8,17H2,1-2H3,(H,18,21). The zero-order valence-corrected chi connectivity index (χ0v) is 12.6. The molecule has 5 nitrogen and oxygen atoms in total. The molecule has 0 atom stereocenters. The van der Waals surface area contributed by atoms with Crippen molar-refractivity contribution in [3.8, 4) is 0 Å². The van der Waals surface area contributed by atoms with E-state index in [0.717, 1.165) is 41.9 Å². The summed E-state index contributed by atoms with van der Waals surface area (Å²) in [6, 6.07) is 5.81. The number of hydrogen-bond acceptors (Lipinski definition) is 3. The first-order valence-corrected chi connectivity index (χ1v) is 7.59. The Morgan fingerprint density at radius 3 is 2.90 bits per heavy atom. The number of carbonyl (C=O) groups is 1. The molecule has 1 fully saturated rings. The highest BCUT2D eigenvalue weighted by Gasteiger charge is 2.29. The van der Waals surface area contributed by atoms with Crippen LogP contribution < -0.4 is 11.1 Å². The fourth-order valence-electron chi connectivity index (χ4n) is 2.62. The second kappa shape index (κ2) is 5.39. The lowest BCUT2D eigenvalue weighted by Gasteiger charge is -2.12. The van der Waals surface area contributed by atoms with Crippen molar-refractivity contribution in [1.82, 2.24) is 14.9 Å². The summed E-state index contributed by atoms with van der Waals surface area (Å²) in [5.74, 6) is 1.82. The molecule has 0 bridgehead atoms. The molecule has 21 heavy (non-hydrogen) atoms. The average molecular weight is 286 g/mol. The lowest BCUT2D eigenvalue weighted by Crippen LogP contribution is -2.28. The van der Waals surface area contributed by atoms with Crippen molar-refractivity contribution in [3.63, 3.8) is 0 Å². The van der Waals surface area contributed by atoms with Crippen LogP contribution in [-0.4, -0.2) is 22.0 Å². The Morgan fingerprint density at radius 2 is 2.24 bits per heavy atom. The molecule has 3 N–H and O–H groups in total. The summed E-state index contributed by atoms with van der Waals surface area (Å²) in [5, 5.41) is 3.01. The molecule has 1 aromatic carbocycles. The van der Waals surface area contributed by atoms with Gasteiger partial charge in [0.1, 0.15) is 5.82 Å². The Kier molecular flexibility index (Phi) is 3.57. The molecule has 1 aliphatic rings. The molecule has 1 aromatic heterocycles. The van der Waals surface area contributed by atoms with Crippen molar-refractivity contribution in [2.24, 2.45) is 5.92 Å². The van der Waals surface area contributed by atoms with Crippen LogP contribution in [0.1, 0.15) is 38.4 Å². The number of anilines is 1. The van der Waals surface area contributed by atoms with Gasteiger partial charge in [-0.2, -0.15) is 0 Å². The van der Waals surface area contributed by atoms with Crippen LogP contribution in [0.2, 0.25) is 0 Å². The molecule has 112 valence electrons. The van der Waals surface area contributed by atoms with Crippen molar-refractivity contribution in [3.05, 3.63) is 24.0 Å². The highest BCUT2D eigenvalue weighted by atomic mass is 16.2. The lowest BCUT2D eigenvalue weighted by molar-refractivity contribution is -0.122. The number of imidazole rings is 1. The van der Waals surface area contributed by atoms with Gasteiger partial charge in [-0.1, -0.05) is 13.8 Å². The summed E-state index contributed by atoms with van der Waals surface area (Å²) in [7, 11) is 0. The number of nitrogens with one attached hydrogen (secondary N) is 1. The molecular formula is C16H22N4O. The molecule has 1 amide bonds. The maximum atomic E-state index is 11.7. The molecule has 0 radical (unpaired) electrons.